The fourth-order valence-corrected chi connectivity index (χ4v) is 1.75. The third-order valence-electron chi connectivity index (χ3n) is 2.87. The van der Waals surface area contributed by atoms with Gasteiger partial charge in [0, 0.05) is 6.61 Å². The molecule has 1 atom stereocenters. The normalized spacial score (nSPS) is 12.3. The van der Waals surface area contributed by atoms with Crippen molar-refractivity contribution in [3.05, 3.63) is 30.5 Å². The van der Waals surface area contributed by atoms with Gasteiger partial charge in [-0.2, -0.15) is 0 Å². The van der Waals surface area contributed by atoms with E-state index >= 15 is 0 Å². The quantitative estimate of drug-likeness (QED) is 0.789. The second kappa shape index (κ2) is 7.66. The molecule has 21 heavy (non-hydrogen) atoms. The minimum Gasteiger partial charge on any atom is -0.379 e. The molecular weight excluding hydrogens is 270 g/mol. The highest BCUT2D eigenvalue weighted by molar-refractivity contribution is 5.93. The zero-order valence-corrected chi connectivity index (χ0v) is 12.2. The third kappa shape index (κ3) is 4.47. The Kier molecular flexibility index (Phi) is 5.59. The van der Waals surface area contributed by atoms with Crippen LogP contribution in [0.15, 0.2) is 30.5 Å². The van der Waals surface area contributed by atoms with Gasteiger partial charge in [-0.1, -0.05) is 12.1 Å². The molecule has 0 radical (unpaired) electrons. The Morgan fingerprint density at radius 1 is 1.29 bits per heavy atom. The van der Waals surface area contributed by atoms with Gasteiger partial charge in [-0.3, -0.25) is 9.78 Å². The SMILES string of the molecule is CCOCCO[C@@H](C)C(=O)Nc1cnc2ccccc2n1. The minimum atomic E-state index is -0.571. The van der Waals surface area contributed by atoms with Crippen LogP contribution in [0.5, 0.6) is 0 Å². The summed E-state index contributed by atoms with van der Waals surface area (Å²) >= 11 is 0. The van der Waals surface area contributed by atoms with Crippen molar-refractivity contribution in [3.8, 4) is 0 Å². The van der Waals surface area contributed by atoms with Crippen LogP contribution < -0.4 is 5.32 Å². The van der Waals surface area contributed by atoms with E-state index in [1.54, 1.807) is 6.92 Å². The molecule has 1 heterocycles. The largest absolute Gasteiger partial charge is 0.379 e. The molecule has 0 aliphatic heterocycles. The van der Waals surface area contributed by atoms with Crippen molar-refractivity contribution in [1.82, 2.24) is 9.97 Å². The molecule has 0 aliphatic carbocycles. The predicted molar refractivity (Wildman–Crippen MR) is 80.1 cm³/mol. The van der Waals surface area contributed by atoms with Crippen LogP contribution in [-0.4, -0.2) is 41.8 Å². The molecule has 2 aromatic rings. The molecule has 112 valence electrons. The number of ether oxygens (including phenoxy) is 2. The molecule has 1 aromatic heterocycles. The zero-order valence-electron chi connectivity index (χ0n) is 12.2. The van der Waals surface area contributed by atoms with E-state index in [-0.39, 0.29) is 5.91 Å². The lowest BCUT2D eigenvalue weighted by molar-refractivity contribution is -0.127. The number of carbonyl (C=O) groups excluding carboxylic acids is 1. The number of aromatic nitrogens is 2. The highest BCUT2D eigenvalue weighted by atomic mass is 16.5. The second-order valence-corrected chi connectivity index (χ2v) is 4.44. The molecule has 0 aliphatic rings. The molecule has 2 rings (SSSR count). The van der Waals surface area contributed by atoms with Crippen LogP contribution in [-0.2, 0) is 14.3 Å². The maximum Gasteiger partial charge on any atom is 0.254 e. The van der Waals surface area contributed by atoms with Crippen LogP contribution in [0.4, 0.5) is 5.82 Å². The molecule has 1 N–H and O–H groups in total. The number of hydrogen-bond acceptors (Lipinski definition) is 5. The summed E-state index contributed by atoms with van der Waals surface area (Å²) in [4.78, 5) is 20.5. The summed E-state index contributed by atoms with van der Waals surface area (Å²) < 4.78 is 10.5. The van der Waals surface area contributed by atoms with Crippen LogP contribution in [0.3, 0.4) is 0 Å². The lowest BCUT2D eigenvalue weighted by atomic mass is 10.3. The van der Waals surface area contributed by atoms with E-state index in [4.69, 9.17) is 9.47 Å². The van der Waals surface area contributed by atoms with E-state index in [1.165, 1.54) is 6.20 Å². The number of fused-ring (bicyclic) bond motifs is 1. The van der Waals surface area contributed by atoms with E-state index in [1.807, 2.05) is 31.2 Å². The number of anilines is 1. The summed E-state index contributed by atoms with van der Waals surface area (Å²) in [6.07, 6.45) is 0.964. The molecule has 0 spiro atoms. The summed E-state index contributed by atoms with van der Waals surface area (Å²) in [5, 5.41) is 2.70. The lowest BCUT2D eigenvalue weighted by Gasteiger charge is -2.13. The molecule has 0 bridgehead atoms. The van der Waals surface area contributed by atoms with Crippen LogP contribution >= 0.6 is 0 Å². The van der Waals surface area contributed by atoms with Crippen LogP contribution in [0.1, 0.15) is 13.8 Å². The fraction of sp³-hybridized carbons (Fsp3) is 0.400. The molecular formula is C15H19N3O3. The van der Waals surface area contributed by atoms with Crippen LogP contribution in [0.25, 0.3) is 11.0 Å². The highest BCUT2D eigenvalue weighted by Crippen LogP contribution is 2.11. The Bertz CT molecular complexity index is 603. The fourth-order valence-electron chi connectivity index (χ4n) is 1.75. The molecule has 0 saturated carbocycles. The molecule has 1 amide bonds. The molecule has 0 saturated heterocycles. The van der Waals surface area contributed by atoms with Gasteiger partial charge in [-0.05, 0) is 26.0 Å². The van der Waals surface area contributed by atoms with Crippen molar-refractivity contribution in [1.29, 1.82) is 0 Å². The van der Waals surface area contributed by atoms with Crippen molar-refractivity contribution < 1.29 is 14.3 Å². The predicted octanol–water partition coefficient (Wildman–Crippen LogP) is 2.01. The monoisotopic (exact) mass is 289 g/mol. The van der Waals surface area contributed by atoms with E-state index in [0.717, 1.165) is 11.0 Å². The van der Waals surface area contributed by atoms with Gasteiger partial charge in [0.1, 0.15) is 6.10 Å². The molecule has 0 fully saturated rings. The summed E-state index contributed by atoms with van der Waals surface area (Å²) in [7, 11) is 0. The van der Waals surface area contributed by atoms with Gasteiger partial charge in [0.25, 0.3) is 5.91 Å². The van der Waals surface area contributed by atoms with Gasteiger partial charge in [0.15, 0.2) is 5.82 Å². The first kappa shape index (κ1) is 15.3. The Balaban J connectivity index is 1.91. The van der Waals surface area contributed by atoms with Crippen molar-refractivity contribution >= 4 is 22.8 Å². The zero-order chi connectivity index (χ0) is 15.1. The van der Waals surface area contributed by atoms with E-state index in [0.29, 0.717) is 25.6 Å². The van der Waals surface area contributed by atoms with E-state index in [2.05, 4.69) is 15.3 Å². The minimum absolute atomic E-state index is 0.254. The van der Waals surface area contributed by atoms with Gasteiger partial charge < -0.3 is 14.8 Å². The standard InChI is InChI=1S/C15H19N3O3/c1-3-20-8-9-21-11(2)15(19)18-14-10-16-12-6-4-5-7-13(12)17-14/h4-7,10-11H,3,8-9H2,1-2H3,(H,17,18,19)/t11-/m0/s1. The average Bonchev–Trinajstić information content (AvgIpc) is 2.51. The third-order valence-corrected chi connectivity index (χ3v) is 2.87. The van der Waals surface area contributed by atoms with Crippen molar-refractivity contribution in [2.45, 2.75) is 20.0 Å². The maximum atomic E-state index is 12.0. The smallest absolute Gasteiger partial charge is 0.254 e. The second-order valence-electron chi connectivity index (χ2n) is 4.44. The number of nitrogens with one attached hydrogen (secondary N) is 1. The van der Waals surface area contributed by atoms with Gasteiger partial charge in [0.2, 0.25) is 0 Å². The first-order valence-corrected chi connectivity index (χ1v) is 6.92. The van der Waals surface area contributed by atoms with Crippen LogP contribution in [0.2, 0.25) is 0 Å². The maximum absolute atomic E-state index is 12.0. The molecule has 6 heteroatoms. The van der Waals surface area contributed by atoms with Crippen molar-refractivity contribution in [3.63, 3.8) is 0 Å². The number of benzene rings is 1. The number of carbonyl (C=O) groups is 1. The number of amides is 1. The Morgan fingerprint density at radius 2 is 2.05 bits per heavy atom. The van der Waals surface area contributed by atoms with E-state index < -0.39 is 6.10 Å². The van der Waals surface area contributed by atoms with Gasteiger partial charge >= 0.3 is 0 Å². The Hall–Kier alpha value is -2.05. The van der Waals surface area contributed by atoms with Gasteiger partial charge in [0.05, 0.1) is 30.4 Å². The Labute approximate surface area is 123 Å². The number of nitrogens with zero attached hydrogens (tertiary/aromatic N) is 2. The number of hydrogen-bond donors (Lipinski definition) is 1. The van der Waals surface area contributed by atoms with Crippen LogP contribution in [0, 0.1) is 0 Å². The Morgan fingerprint density at radius 3 is 2.81 bits per heavy atom. The summed E-state index contributed by atoms with van der Waals surface area (Å²) in [6.45, 7) is 5.09. The van der Waals surface area contributed by atoms with Crippen molar-refractivity contribution in [2.75, 3.05) is 25.1 Å². The van der Waals surface area contributed by atoms with Gasteiger partial charge in [-0.15, -0.1) is 0 Å². The van der Waals surface area contributed by atoms with Gasteiger partial charge in [-0.25, -0.2) is 4.98 Å². The summed E-state index contributed by atoms with van der Waals surface area (Å²) in [5.41, 5.74) is 1.52. The average molecular weight is 289 g/mol. The highest BCUT2D eigenvalue weighted by Gasteiger charge is 2.14. The lowest BCUT2D eigenvalue weighted by Crippen LogP contribution is -2.29. The van der Waals surface area contributed by atoms with Crippen molar-refractivity contribution in [2.24, 2.45) is 0 Å². The molecule has 0 unspecified atom stereocenters. The van der Waals surface area contributed by atoms with E-state index in [9.17, 15) is 4.79 Å². The number of para-hydroxylation sites is 2. The summed E-state index contributed by atoms with van der Waals surface area (Å²) in [6, 6.07) is 7.49. The number of rotatable bonds is 7. The summed E-state index contributed by atoms with van der Waals surface area (Å²) in [5.74, 6) is 0.162. The molecule has 1 aromatic carbocycles. The first-order valence-electron chi connectivity index (χ1n) is 6.92. The topological polar surface area (TPSA) is 73.3 Å². The first-order chi connectivity index (χ1) is 10.2. The molecule has 6 nitrogen and oxygen atoms in total.